The third-order valence-electron chi connectivity index (χ3n) is 6.70. The zero-order valence-corrected chi connectivity index (χ0v) is 20.3. The standard InChI is InChI=1S/C25H36N6O3/c1-19-21(24(33)28-25(26-19)31-14-16-34-17-15-31)8-9-23(32)27-22(20-6-4-3-5-7-20)18-30-12-10-29(2)11-13-30/h3-7,22H,8-18H2,1-2H3,(H,27,32)(H,26,28,33). The predicted molar refractivity (Wildman–Crippen MR) is 132 cm³/mol. The number of nitrogens with zero attached hydrogens (tertiary/aromatic N) is 4. The number of ether oxygens (including phenoxy) is 1. The topological polar surface area (TPSA) is 93.8 Å². The summed E-state index contributed by atoms with van der Waals surface area (Å²) in [7, 11) is 2.14. The summed E-state index contributed by atoms with van der Waals surface area (Å²) < 4.78 is 5.38. The van der Waals surface area contributed by atoms with Gasteiger partial charge in [0.05, 0.1) is 19.3 Å². The summed E-state index contributed by atoms with van der Waals surface area (Å²) in [5, 5.41) is 3.22. The van der Waals surface area contributed by atoms with Crippen molar-refractivity contribution >= 4 is 11.9 Å². The first-order valence-corrected chi connectivity index (χ1v) is 12.2. The Balaban J connectivity index is 1.38. The Bertz CT molecular complexity index is 997. The highest BCUT2D eigenvalue weighted by Crippen LogP contribution is 2.17. The van der Waals surface area contributed by atoms with Crippen molar-refractivity contribution in [3.63, 3.8) is 0 Å². The Morgan fingerprint density at radius 3 is 2.50 bits per heavy atom. The van der Waals surface area contributed by atoms with E-state index < -0.39 is 0 Å². The molecule has 2 saturated heterocycles. The van der Waals surface area contributed by atoms with Crippen LogP contribution in [0.2, 0.25) is 0 Å². The molecule has 2 aliphatic rings. The maximum atomic E-state index is 12.9. The van der Waals surface area contributed by atoms with Crippen LogP contribution >= 0.6 is 0 Å². The van der Waals surface area contributed by atoms with E-state index in [9.17, 15) is 9.59 Å². The van der Waals surface area contributed by atoms with Crippen LogP contribution in [0.3, 0.4) is 0 Å². The quantitative estimate of drug-likeness (QED) is 0.596. The fraction of sp³-hybridized carbons (Fsp3) is 0.560. The molecule has 1 aromatic heterocycles. The Morgan fingerprint density at radius 2 is 1.82 bits per heavy atom. The number of anilines is 1. The molecule has 2 aliphatic heterocycles. The number of likely N-dealkylation sites (N-methyl/N-ethyl adjacent to an activating group) is 1. The predicted octanol–water partition coefficient (Wildman–Crippen LogP) is 0.952. The molecular weight excluding hydrogens is 432 g/mol. The molecule has 2 N–H and O–H groups in total. The van der Waals surface area contributed by atoms with E-state index in [1.54, 1.807) is 0 Å². The van der Waals surface area contributed by atoms with Gasteiger partial charge in [0, 0.05) is 63.5 Å². The van der Waals surface area contributed by atoms with Crippen LogP contribution in [0, 0.1) is 6.92 Å². The highest BCUT2D eigenvalue weighted by Gasteiger charge is 2.22. The summed E-state index contributed by atoms with van der Waals surface area (Å²) in [6.45, 7) is 9.33. The van der Waals surface area contributed by atoms with Crippen molar-refractivity contribution < 1.29 is 9.53 Å². The lowest BCUT2D eigenvalue weighted by Crippen LogP contribution is -2.47. The van der Waals surface area contributed by atoms with Gasteiger partial charge in [-0.3, -0.25) is 19.5 Å². The molecule has 9 nitrogen and oxygen atoms in total. The number of benzene rings is 1. The summed E-state index contributed by atoms with van der Waals surface area (Å²) in [4.78, 5) is 39.9. The molecule has 0 bridgehead atoms. The Morgan fingerprint density at radius 1 is 1.12 bits per heavy atom. The lowest BCUT2D eigenvalue weighted by atomic mass is 10.0. The largest absolute Gasteiger partial charge is 0.378 e. The van der Waals surface area contributed by atoms with Crippen molar-refractivity contribution in [2.24, 2.45) is 0 Å². The first-order valence-electron chi connectivity index (χ1n) is 12.2. The molecule has 1 aromatic carbocycles. The summed E-state index contributed by atoms with van der Waals surface area (Å²) in [5.41, 5.74) is 2.18. The maximum Gasteiger partial charge on any atom is 0.255 e. The number of nitrogens with one attached hydrogen (secondary N) is 2. The van der Waals surface area contributed by atoms with Gasteiger partial charge >= 0.3 is 0 Å². The Hall–Kier alpha value is -2.75. The fourth-order valence-electron chi connectivity index (χ4n) is 4.53. The number of morpholine rings is 1. The number of carbonyl (C=O) groups is 1. The first kappa shape index (κ1) is 24.4. The van der Waals surface area contributed by atoms with Gasteiger partial charge in [0.15, 0.2) is 0 Å². The molecule has 3 heterocycles. The number of aromatic amines is 1. The summed E-state index contributed by atoms with van der Waals surface area (Å²) in [6.07, 6.45) is 0.605. The Labute approximate surface area is 201 Å². The molecule has 1 atom stereocenters. The van der Waals surface area contributed by atoms with Gasteiger partial charge in [-0.2, -0.15) is 0 Å². The van der Waals surface area contributed by atoms with Gasteiger partial charge in [-0.25, -0.2) is 4.98 Å². The zero-order chi connectivity index (χ0) is 23.9. The van der Waals surface area contributed by atoms with Crippen LogP contribution in [-0.2, 0) is 16.0 Å². The molecule has 184 valence electrons. The fourth-order valence-corrected chi connectivity index (χ4v) is 4.53. The van der Waals surface area contributed by atoms with E-state index in [1.807, 2.05) is 30.0 Å². The minimum Gasteiger partial charge on any atom is -0.378 e. The van der Waals surface area contributed by atoms with Crippen LogP contribution < -0.4 is 15.8 Å². The van der Waals surface area contributed by atoms with E-state index in [0.29, 0.717) is 49.9 Å². The lowest BCUT2D eigenvalue weighted by molar-refractivity contribution is -0.122. The van der Waals surface area contributed by atoms with E-state index in [-0.39, 0.29) is 23.9 Å². The van der Waals surface area contributed by atoms with E-state index in [2.05, 4.69) is 44.3 Å². The van der Waals surface area contributed by atoms with Crippen LogP contribution in [-0.4, -0.2) is 91.7 Å². The second-order valence-electron chi connectivity index (χ2n) is 9.19. The highest BCUT2D eigenvalue weighted by molar-refractivity contribution is 5.76. The first-order chi connectivity index (χ1) is 16.5. The number of amides is 1. The molecular formula is C25H36N6O3. The number of hydrogen-bond donors (Lipinski definition) is 2. The third-order valence-corrected chi connectivity index (χ3v) is 6.70. The number of rotatable bonds is 8. The van der Waals surface area contributed by atoms with Crippen molar-refractivity contribution in [1.29, 1.82) is 0 Å². The van der Waals surface area contributed by atoms with Crippen LogP contribution in [0.4, 0.5) is 5.95 Å². The average molecular weight is 469 g/mol. The molecule has 4 rings (SSSR count). The monoisotopic (exact) mass is 468 g/mol. The molecule has 34 heavy (non-hydrogen) atoms. The second kappa shape index (κ2) is 11.6. The molecule has 1 amide bonds. The minimum atomic E-state index is -0.168. The number of aromatic nitrogens is 2. The van der Waals surface area contributed by atoms with E-state index >= 15 is 0 Å². The maximum absolute atomic E-state index is 12.9. The average Bonchev–Trinajstić information content (AvgIpc) is 2.85. The van der Waals surface area contributed by atoms with Gasteiger partial charge in [0.25, 0.3) is 5.56 Å². The van der Waals surface area contributed by atoms with Crippen LogP contribution in [0.1, 0.15) is 29.3 Å². The number of H-pyrrole nitrogens is 1. The molecule has 9 heteroatoms. The second-order valence-corrected chi connectivity index (χ2v) is 9.19. The Kier molecular flexibility index (Phi) is 8.31. The molecule has 1 unspecified atom stereocenters. The number of hydrogen-bond acceptors (Lipinski definition) is 7. The number of piperazine rings is 1. The SMILES string of the molecule is Cc1nc(N2CCOCC2)[nH]c(=O)c1CCC(=O)NC(CN1CCN(C)CC1)c1ccccc1. The van der Waals surface area contributed by atoms with Crippen LogP contribution in [0.15, 0.2) is 35.1 Å². The molecule has 0 aliphatic carbocycles. The minimum absolute atomic E-state index is 0.0564. The lowest BCUT2D eigenvalue weighted by Gasteiger charge is -2.35. The molecule has 0 spiro atoms. The van der Waals surface area contributed by atoms with Gasteiger partial charge < -0.3 is 19.9 Å². The van der Waals surface area contributed by atoms with Crippen LogP contribution in [0.5, 0.6) is 0 Å². The van der Waals surface area contributed by atoms with Crippen molar-refractivity contribution in [1.82, 2.24) is 25.1 Å². The van der Waals surface area contributed by atoms with Gasteiger partial charge in [-0.15, -0.1) is 0 Å². The third kappa shape index (κ3) is 6.43. The summed E-state index contributed by atoms with van der Waals surface area (Å²) in [5.74, 6) is 0.523. The highest BCUT2D eigenvalue weighted by atomic mass is 16.5. The van der Waals surface area contributed by atoms with Crippen molar-refractivity contribution in [3.8, 4) is 0 Å². The van der Waals surface area contributed by atoms with E-state index in [1.165, 1.54) is 0 Å². The van der Waals surface area contributed by atoms with Crippen molar-refractivity contribution in [2.45, 2.75) is 25.8 Å². The summed E-state index contributed by atoms with van der Waals surface area (Å²) >= 11 is 0. The molecule has 0 saturated carbocycles. The van der Waals surface area contributed by atoms with E-state index in [4.69, 9.17) is 4.74 Å². The summed E-state index contributed by atoms with van der Waals surface area (Å²) in [6, 6.07) is 10.0. The van der Waals surface area contributed by atoms with Gasteiger partial charge in [-0.05, 0) is 26.0 Å². The normalized spacial score (nSPS) is 18.6. The van der Waals surface area contributed by atoms with Gasteiger partial charge in [0.2, 0.25) is 11.9 Å². The van der Waals surface area contributed by atoms with E-state index in [0.717, 1.165) is 38.3 Å². The van der Waals surface area contributed by atoms with Crippen molar-refractivity contribution in [2.75, 3.05) is 71.0 Å². The molecule has 2 aromatic rings. The molecule has 0 radical (unpaired) electrons. The van der Waals surface area contributed by atoms with Crippen LogP contribution in [0.25, 0.3) is 0 Å². The number of carbonyl (C=O) groups excluding carboxylic acids is 1. The molecule has 2 fully saturated rings. The smallest absolute Gasteiger partial charge is 0.255 e. The number of aryl methyl sites for hydroxylation is 1. The zero-order valence-electron chi connectivity index (χ0n) is 20.3. The van der Waals surface area contributed by atoms with Gasteiger partial charge in [-0.1, -0.05) is 30.3 Å². The van der Waals surface area contributed by atoms with Crippen molar-refractivity contribution in [3.05, 3.63) is 57.5 Å². The van der Waals surface area contributed by atoms with Gasteiger partial charge in [0.1, 0.15) is 0 Å².